The van der Waals surface area contributed by atoms with Gasteiger partial charge < -0.3 is 9.64 Å². The summed E-state index contributed by atoms with van der Waals surface area (Å²) in [6.07, 6.45) is 5.98. The van der Waals surface area contributed by atoms with E-state index in [4.69, 9.17) is 4.74 Å². The lowest BCUT2D eigenvalue weighted by Gasteiger charge is -2.41. The fraction of sp³-hybridized carbons (Fsp3) is 0.579. The molecule has 2 saturated heterocycles. The highest BCUT2D eigenvalue weighted by molar-refractivity contribution is 5.26. The lowest BCUT2D eigenvalue weighted by atomic mass is 9.77. The predicted octanol–water partition coefficient (Wildman–Crippen LogP) is 3.76. The van der Waals surface area contributed by atoms with Gasteiger partial charge in [0.1, 0.15) is 0 Å². The monoisotopic (exact) mass is 285 g/mol. The Morgan fingerprint density at radius 1 is 1.29 bits per heavy atom. The van der Waals surface area contributed by atoms with Gasteiger partial charge in [-0.05, 0) is 44.7 Å². The summed E-state index contributed by atoms with van der Waals surface area (Å²) in [5.74, 6) is 1.25. The number of ether oxygens (including phenoxy) is 1. The Morgan fingerprint density at radius 2 is 2.05 bits per heavy atom. The van der Waals surface area contributed by atoms with Crippen LogP contribution in [0.15, 0.2) is 36.9 Å². The second-order valence-corrected chi connectivity index (χ2v) is 6.75. The molecule has 0 amide bonds. The molecule has 1 aromatic rings. The number of nitrogens with zero attached hydrogens (tertiary/aromatic N) is 1. The second kappa shape index (κ2) is 6.33. The van der Waals surface area contributed by atoms with E-state index in [1.54, 1.807) is 0 Å². The number of aryl methyl sites for hydroxylation is 1. The number of benzene rings is 1. The highest BCUT2D eigenvalue weighted by Gasteiger charge is 2.42. The van der Waals surface area contributed by atoms with E-state index < -0.39 is 0 Å². The molecule has 1 aromatic carbocycles. The Bertz CT molecular complexity index is 481. The molecule has 2 heteroatoms. The molecule has 4 rings (SSSR count). The van der Waals surface area contributed by atoms with Crippen molar-refractivity contribution in [2.24, 2.45) is 5.92 Å². The molecule has 2 aliphatic heterocycles. The van der Waals surface area contributed by atoms with E-state index in [1.807, 2.05) is 6.08 Å². The van der Waals surface area contributed by atoms with E-state index in [0.29, 0.717) is 30.6 Å². The fourth-order valence-corrected chi connectivity index (χ4v) is 4.14. The molecule has 0 spiro atoms. The van der Waals surface area contributed by atoms with E-state index >= 15 is 0 Å². The Labute approximate surface area is 128 Å². The number of piperidine rings is 1. The minimum atomic E-state index is 0.379. The van der Waals surface area contributed by atoms with Crippen LogP contribution >= 0.6 is 0 Å². The van der Waals surface area contributed by atoms with Crippen molar-refractivity contribution < 1.29 is 4.74 Å². The van der Waals surface area contributed by atoms with Crippen LogP contribution in [0.1, 0.15) is 36.3 Å². The zero-order valence-corrected chi connectivity index (χ0v) is 13.3. The molecule has 114 valence electrons. The van der Waals surface area contributed by atoms with Crippen LogP contribution in [0.25, 0.3) is 0 Å². The highest BCUT2D eigenvalue weighted by Crippen LogP contribution is 2.43. The molecule has 4 atom stereocenters. The number of hydrogen-bond donors (Lipinski definition) is 0. The first-order valence-electron chi connectivity index (χ1n) is 8.18. The average Bonchev–Trinajstić information content (AvgIpc) is 2.75. The van der Waals surface area contributed by atoms with Crippen LogP contribution in [0.4, 0.5) is 0 Å². The van der Waals surface area contributed by atoms with Gasteiger partial charge in [0, 0.05) is 18.5 Å². The molecule has 1 aliphatic carbocycles. The van der Waals surface area contributed by atoms with Crippen molar-refractivity contribution in [1.29, 1.82) is 0 Å². The van der Waals surface area contributed by atoms with Crippen LogP contribution in [0.5, 0.6) is 0 Å². The Morgan fingerprint density at radius 3 is 2.76 bits per heavy atom. The van der Waals surface area contributed by atoms with Crippen LogP contribution < -0.4 is 0 Å². The molecular formula is C19H27NO. The van der Waals surface area contributed by atoms with Crippen LogP contribution in [0.2, 0.25) is 0 Å². The summed E-state index contributed by atoms with van der Waals surface area (Å²) in [7, 11) is 2.28. The summed E-state index contributed by atoms with van der Waals surface area (Å²) in [4.78, 5) is 2.55. The molecule has 1 unspecified atom stereocenters. The Kier molecular flexibility index (Phi) is 4.46. The molecule has 3 aliphatic rings. The van der Waals surface area contributed by atoms with Gasteiger partial charge in [-0.15, -0.1) is 6.58 Å². The van der Waals surface area contributed by atoms with Crippen molar-refractivity contribution >= 4 is 0 Å². The molecule has 2 nitrogen and oxygen atoms in total. The number of fused-ring (bicyclic) bond motifs is 4. The molecule has 21 heavy (non-hydrogen) atoms. The fourth-order valence-electron chi connectivity index (χ4n) is 4.14. The van der Waals surface area contributed by atoms with Crippen molar-refractivity contribution in [1.82, 2.24) is 4.90 Å². The maximum atomic E-state index is 6.12. The molecule has 1 saturated carbocycles. The van der Waals surface area contributed by atoms with Crippen LogP contribution in [0, 0.1) is 12.8 Å². The van der Waals surface area contributed by atoms with Crippen LogP contribution in [0.3, 0.4) is 0 Å². The third kappa shape index (κ3) is 3.07. The largest absolute Gasteiger partial charge is 0.374 e. The van der Waals surface area contributed by atoms with Crippen molar-refractivity contribution in [2.75, 3.05) is 20.2 Å². The van der Waals surface area contributed by atoms with E-state index in [0.717, 1.165) is 6.54 Å². The van der Waals surface area contributed by atoms with E-state index in [1.165, 1.54) is 30.4 Å². The first-order chi connectivity index (χ1) is 10.2. The normalized spacial score (nSPS) is 32.9. The summed E-state index contributed by atoms with van der Waals surface area (Å²) in [6, 6.07) is 9.86. The Hall–Kier alpha value is -1.12. The first-order valence-corrected chi connectivity index (χ1v) is 8.18. The topological polar surface area (TPSA) is 12.5 Å². The Balaban J connectivity index is 1.85. The second-order valence-electron chi connectivity index (χ2n) is 6.75. The van der Waals surface area contributed by atoms with Crippen LogP contribution in [-0.4, -0.2) is 37.2 Å². The van der Waals surface area contributed by atoms with Gasteiger partial charge in [-0.1, -0.05) is 35.9 Å². The zero-order chi connectivity index (χ0) is 14.8. The molecule has 0 N–H and O–H groups in total. The average molecular weight is 285 g/mol. The maximum absolute atomic E-state index is 6.12. The van der Waals surface area contributed by atoms with E-state index in [9.17, 15) is 0 Å². The zero-order valence-electron chi connectivity index (χ0n) is 13.3. The van der Waals surface area contributed by atoms with Gasteiger partial charge in [0.25, 0.3) is 0 Å². The van der Waals surface area contributed by atoms with E-state index in [-0.39, 0.29) is 0 Å². The van der Waals surface area contributed by atoms with E-state index in [2.05, 4.69) is 49.7 Å². The highest BCUT2D eigenvalue weighted by atomic mass is 16.5. The van der Waals surface area contributed by atoms with Crippen molar-refractivity contribution in [2.45, 2.75) is 44.2 Å². The summed E-state index contributed by atoms with van der Waals surface area (Å²) in [5.41, 5.74) is 2.84. The third-order valence-corrected chi connectivity index (χ3v) is 5.36. The minimum absolute atomic E-state index is 0.379. The lowest BCUT2D eigenvalue weighted by Crippen LogP contribution is -2.44. The van der Waals surface area contributed by atoms with Gasteiger partial charge in [0.05, 0.1) is 12.7 Å². The SMILES string of the molecule is C=CCO[C@H]1CC[C@H]2CC(c3ccc(C)cc3)[C@@H]1CN2C. The standard InChI is InChI=1S/C19H27NO/c1-4-11-21-19-10-9-16-12-17(18(19)13-20(16)3)15-7-5-14(2)6-8-15/h4-8,16-19H,1,9-13H2,2-3H3/t16-,17?,18-,19-/m0/s1. The van der Waals surface area contributed by atoms with Crippen LogP contribution in [-0.2, 0) is 4.74 Å². The lowest BCUT2D eigenvalue weighted by molar-refractivity contribution is 0.00405. The smallest absolute Gasteiger partial charge is 0.0648 e. The van der Waals surface area contributed by atoms with Gasteiger partial charge in [-0.2, -0.15) is 0 Å². The molecule has 2 heterocycles. The summed E-state index contributed by atoms with van der Waals surface area (Å²) in [5, 5.41) is 0. The van der Waals surface area contributed by atoms with Gasteiger partial charge in [-0.3, -0.25) is 0 Å². The molecule has 0 radical (unpaired) electrons. The number of rotatable bonds is 4. The third-order valence-electron chi connectivity index (χ3n) is 5.36. The summed E-state index contributed by atoms with van der Waals surface area (Å²) < 4.78 is 6.12. The summed E-state index contributed by atoms with van der Waals surface area (Å²) >= 11 is 0. The minimum Gasteiger partial charge on any atom is -0.374 e. The quantitative estimate of drug-likeness (QED) is 0.781. The first kappa shape index (κ1) is 14.8. The number of hydrogen-bond acceptors (Lipinski definition) is 2. The van der Waals surface area contributed by atoms with Gasteiger partial charge in [-0.25, -0.2) is 0 Å². The van der Waals surface area contributed by atoms with Gasteiger partial charge in [0.2, 0.25) is 0 Å². The molecule has 2 bridgehead atoms. The molecule has 3 fully saturated rings. The van der Waals surface area contributed by atoms with Crippen molar-refractivity contribution in [3.8, 4) is 0 Å². The van der Waals surface area contributed by atoms with Gasteiger partial charge in [0.15, 0.2) is 0 Å². The van der Waals surface area contributed by atoms with Gasteiger partial charge >= 0.3 is 0 Å². The molecule has 0 aromatic heterocycles. The molecular weight excluding hydrogens is 258 g/mol. The maximum Gasteiger partial charge on any atom is 0.0648 e. The predicted molar refractivity (Wildman–Crippen MR) is 87.6 cm³/mol. The van der Waals surface area contributed by atoms with Crippen molar-refractivity contribution in [3.63, 3.8) is 0 Å². The van der Waals surface area contributed by atoms with Crippen molar-refractivity contribution in [3.05, 3.63) is 48.0 Å². The summed E-state index contributed by atoms with van der Waals surface area (Å²) in [6.45, 7) is 7.79.